The second-order valence-electron chi connectivity index (χ2n) is 4.34. The van der Waals surface area contributed by atoms with Gasteiger partial charge in [0, 0.05) is 18.7 Å². The Hall–Kier alpha value is -0.150. The molecule has 0 heterocycles. The molecule has 0 aliphatic rings. The van der Waals surface area contributed by atoms with Gasteiger partial charge in [-0.1, -0.05) is 41.7 Å². The fraction of sp³-hybridized carbons (Fsp3) is 0.538. The maximum atomic E-state index is 6.05. The van der Waals surface area contributed by atoms with Crippen LogP contribution in [0.25, 0.3) is 0 Å². The molecule has 2 nitrogen and oxygen atoms in total. The molecular formula is C13H18Cl3NO. The number of halogens is 3. The predicted octanol–water partition coefficient (Wildman–Crippen LogP) is 4.80. The monoisotopic (exact) mass is 309 g/mol. The summed E-state index contributed by atoms with van der Waals surface area (Å²) < 4.78 is 5.74. The highest BCUT2D eigenvalue weighted by Crippen LogP contribution is 2.34. The van der Waals surface area contributed by atoms with Crippen molar-refractivity contribution in [3.63, 3.8) is 0 Å². The molecule has 0 aromatic heterocycles. The molecule has 1 aromatic rings. The maximum absolute atomic E-state index is 6.05. The Balaban J connectivity index is 2.59. The number of ether oxygens (including phenoxy) is 1. The first-order valence-electron chi connectivity index (χ1n) is 5.98. The van der Waals surface area contributed by atoms with E-state index in [0.29, 0.717) is 26.9 Å². The molecule has 1 rings (SSSR count). The van der Waals surface area contributed by atoms with E-state index in [4.69, 9.17) is 39.5 Å². The van der Waals surface area contributed by atoms with E-state index in [-0.39, 0.29) is 6.10 Å². The Kier molecular flexibility index (Phi) is 6.58. The molecular weight excluding hydrogens is 293 g/mol. The fourth-order valence-electron chi connectivity index (χ4n) is 1.36. The lowest BCUT2D eigenvalue weighted by Gasteiger charge is -2.19. The van der Waals surface area contributed by atoms with Crippen molar-refractivity contribution in [2.45, 2.75) is 39.3 Å². The number of benzene rings is 1. The lowest BCUT2D eigenvalue weighted by molar-refractivity contribution is 0.212. The van der Waals surface area contributed by atoms with Crippen molar-refractivity contribution in [1.82, 2.24) is 5.32 Å². The largest absolute Gasteiger partial charge is 0.488 e. The van der Waals surface area contributed by atoms with Gasteiger partial charge in [0.05, 0.1) is 15.1 Å². The van der Waals surface area contributed by atoms with Crippen molar-refractivity contribution >= 4 is 34.8 Å². The quantitative estimate of drug-likeness (QED) is 0.762. The van der Waals surface area contributed by atoms with E-state index in [1.165, 1.54) is 0 Å². The van der Waals surface area contributed by atoms with Crippen LogP contribution >= 0.6 is 34.8 Å². The van der Waals surface area contributed by atoms with Crippen LogP contribution < -0.4 is 10.1 Å². The molecule has 0 bridgehead atoms. The third-order valence-corrected chi connectivity index (χ3v) is 3.69. The van der Waals surface area contributed by atoms with Crippen LogP contribution in [0.15, 0.2) is 12.1 Å². The van der Waals surface area contributed by atoms with Gasteiger partial charge in [-0.05, 0) is 26.3 Å². The molecule has 0 aliphatic heterocycles. The minimum atomic E-state index is 0.00809. The first kappa shape index (κ1) is 15.9. The van der Waals surface area contributed by atoms with Crippen molar-refractivity contribution in [3.05, 3.63) is 27.2 Å². The summed E-state index contributed by atoms with van der Waals surface area (Å²) in [5.41, 5.74) is 0. The summed E-state index contributed by atoms with van der Waals surface area (Å²) in [7, 11) is 0. The zero-order valence-electron chi connectivity index (χ0n) is 10.8. The van der Waals surface area contributed by atoms with Crippen LogP contribution in [0.5, 0.6) is 5.75 Å². The van der Waals surface area contributed by atoms with Gasteiger partial charge in [0.1, 0.15) is 11.9 Å². The zero-order valence-corrected chi connectivity index (χ0v) is 13.0. The van der Waals surface area contributed by atoms with E-state index in [1.807, 2.05) is 6.92 Å². The smallest absolute Gasteiger partial charge is 0.139 e. The van der Waals surface area contributed by atoms with Crippen LogP contribution in [0.2, 0.25) is 15.1 Å². The van der Waals surface area contributed by atoms with Crippen LogP contribution in [0.4, 0.5) is 0 Å². The van der Waals surface area contributed by atoms with Crippen molar-refractivity contribution < 1.29 is 4.74 Å². The molecule has 0 radical (unpaired) electrons. The highest BCUT2D eigenvalue weighted by molar-refractivity contribution is 6.43. The van der Waals surface area contributed by atoms with Crippen LogP contribution in [-0.2, 0) is 0 Å². The normalized spacial score (nSPS) is 14.3. The van der Waals surface area contributed by atoms with Gasteiger partial charge in [0.25, 0.3) is 0 Å². The van der Waals surface area contributed by atoms with Gasteiger partial charge < -0.3 is 10.1 Å². The van der Waals surface area contributed by atoms with E-state index < -0.39 is 0 Å². The van der Waals surface area contributed by atoms with E-state index in [9.17, 15) is 0 Å². The Morgan fingerprint density at radius 1 is 1.11 bits per heavy atom. The molecule has 0 amide bonds. The van der Waals surface area contributed by atoms with Crippen molar-refractivity contribution in [3.8, 4) is 5.75 Å². The molecule has 1 aromatic carbocycles. The molecule has 2 atom stereocenters. The first-order valence-corrected chi connectivity index (χ1v) is 7.12. The molecule has 0 fully saturated rings. The number of hydrogen-bond acceptors (Lipinski definition) is 2. The van der Waals surface area contributed by atoms with Crippen LogP contribution in [0.1, 0.15) is 27.2 Å². The Bertz CT molecular complexity index is 398. The van der Waals surface area contributed by atoms with Crippen LogP contribution in [0.3, 0.4) is 0 Å². The number of nitrogens with one attached hydrogen (secondary N) is 1. The summed E-state index contributed by atoms with van der Waals surface area (Å²) >= 11 is 17.8. The van der Waals surface area contributed by atoms with E-state index >= 15 is 0 Å². The van der Waals surface area contributed by atoms with E-state index in [1.54, 1.807) is 12.1 Å². The molecule has 5 heteroatoms. The van der Waals surface area contributed by atoms with Crippen molar-refractivity contribution in [2.75, 3.05) is 6.54 Å². The molecule has 1 N–H and O–H groups in total. The van der Waals surface area contributed by atoms with Crippen molar-refractivity contribution in [1.29, 1.82) is 0 Å². The van der Waals surface area contributed by atoms with Gasteiger partial charge in [-0.2, -0.15) is 0 Å². The zero-order chi connectivity index (χ0) is 13.7. The molecule has 18 heavy (non-hydrogen) atoms. The minimum absolute atomic E-state index is 0.00809. The van der Waals surface area contributed by atoms with Crippen molar-refractivity contribution in [2.24, 2.45) is 0 Å². The summed E-state index contributed by atoms with van der Waals surface area (Å²) in [6.07, 6.45) is 1.09. The predicted molar refractivity (Wildman–Crippen MR) is 79.3 cm³/mol. The minimum Gasteiger partial charge on any atom is -0.488 e. The first-order chi connectivity index (χ1) is 8.43. The average molecular weight is 311 g/mol. The van der Waals surface area contributed by atoms with Gasteiger partial charge in [0.15, 0.2) is 0 Å². The van der Waals surface area contributed by atoms with E-state index in [2.05, 4.69) is 19.2 Å². The van der Waals surface area contributed by atoms with Gasteiger partial charge in [-0.3, -0.25) is 0 Å². The lowest BCUT2D eigenvalue weighted by atomic mass is 10.2. The lowest BCUT2D eigenvalue weighted by Crippen LogP contribution is -2.34. The van der Waals surface area contributed by atoms with Gasteiger partial charge in [-0.15, -0.1) is 0 Å². The summed E-state index contributed by atoms with van der Waals surface area (Å²) in [6, 6.07) is 3.71. The summed E-state index contributed by atoms with van der Waals surface area (Å²) in [5.74, 6) is 0.560. The second kappa shape index (κ2) is 7.44. The van der Waals surface area contributed by atoms with Crippen LogP contribution in [0, 0.1) is 0 Å². The highest BCUT2D eigenvalue weighted by atomic mass is 35.5. The fourth-order valence-corrected chi connectivity index (χ4v) is 1.95. The SMILES string of the molecule is CCC(C)NCC(C)Oc1cc(Cl)c(Cl)cc1Cl. The number of hydrogen-bond donors (Lipinski definition) is 1. The standard InChI is InChI=1S/C13H18Cl3NO/c1-4-8(2)17-7-9(3)18-13-6-11(15)10(14)5-12(13)16/h5-6,8-9,17H,4,7H2,1-3H3. The Morgan fingerprint density at radius 3 is 2.33 bits per heavy atom. The molecule has 102 valence electrons. The Labute approximate surface area is 124 Å². The molecule has 0 saturated heterocycles. The Morgan fingerprint density at radius 2 is 1.72 bits per heavy atom. The summed E-state index contributed by atoms with van der Waals surface area (Å²) in [5, 5.41) is 4.72. The molecule has 0 saturated carbocycles. The summed E-state index contributed by atoms with van der Waals surface area (Å²) in [4.78, 5) is 0. The third-order valence-electron chi connectivity index (χ3n) is 2.67. The topological polar surface area (TPSA) is 21.3 Å². The average Bonchev–Trinajstić information content (AvgIpc) is 2.33. The summed E-state index contributed by atoms with van der Waals surface area (Å²) in [6.45, 7) is 7.01. The molecule has 0 aliphatic carbocycles. The van der Waals surface area contributed by atoms with E-state index in [0.717, 1.165) is 13.0 Å². The number of rotatable bonds is 6. The molecule has 0 spiro atoms. The third kappa shape index (κ3) is 4.85. The van der Waals surface area contributed by atoms with Gasteiger partial charge in [0.2, 0.25) is 0 Å². The van der Waals surface area contributed by atoms with Gasteiger partial charge in [-0.25, -0.2) is 0 Å². The second-order valence-corrected chi connectivity index (χ2v) is 5.56. The highest BCUT2D eigenvalue weighted by Gasteiger charge is 2.11. The maximum Gasteiger partial charge on any atom is 0.139 e. The van der Waals surface area contributed by atoms with Gasteiger partial charge >= 0.3 is 0 Å². The molecule has 2 unspecified atom stereocenters. The van der Waals surface area contributed by atoms with Crippen LogP contribution in [-0.4, -0.2) is 18.7 Å².